The van der Waals surface area contributed by atoms with Crippen molar-refractivity contribution in [3.8, 4) is 0 Å². The minimum atomic E-state index is -0.426. The molecular weight excluding hydrogens is 306 g/mol. The quantitative estimate of drug-likeness (QED) is 0.491. The van der Waals surface area contributed by atoms with Gasteiger partial charge in [-0.3, -0.25) is 19.9 Å². The number of nitrogens with zero attached hydrogens (tertiary/aromatic N) is 3. The number of anilines is 1. The maximum atomic E-state index is 11.7. The molecule has 3 rings (SSSR count). The van der Waals surface area contributed by atoms with Crippen LogP contribution < -0.4 is 4.90 Å². The minimum absolute atomic E-state index is 0.0362. The summed E-state index contributed by atoms with van der Waals surface area (Å²) in [5, 5.41) is 10.8. The van der Waals surface area contributed by atoms with Crippen molar-refractivity contribution in [3.05, 3.63) is 63.7 Å². The summed E-state index contributed by atoms with van der Waals surface area (Å²) in [4.78, 5) is 28.3. The molecule has 6 heteroatoms. The van der Waals surface area contributed by atoms with Crippen molar-refractivity contribution in [2.75, 3.05) is 4.90 Å². The van der Waals surface area contributed by atoms with Gasteiger partial charge in [-0.2, -0.15) is 0 Å². The number of carbonyl (C=O) groups is 1. The summed E-state index contributed by atoms with van der Waals surface area (Å²) in [6.45, 7) is 3.59. The van der Waals surface area contributed by atoms with Crippen LogP contribution in [-0.4, -0.2) is 23.1 Å². The van der Waals surface area contributed by atoms with Crippen LogP contribution in [0.25, 0.3) is 0 Å². The highest BCUT2D eigenvalue weighted by atomic mass is 16.6. The first-order valence-corrected chi connectivity index (χ1v) is 7.67. The lowest BCUT2D eigenvalue weighted by Crippen LogP contribution is -2.33. The Hall–Kier alpha value is -3.02. The molecule has 2 aromatic carbocycles. The average molecular weight is 323 g/mol. The molecule has 0 radical (unpaired) electrons. The number of nitro benzene ring substituents is 1. The molecule has 1 aliphatic heterocycles. The number of hydrogen-bond acceptors (Lipinski definition) is 4. The van der Waals surface area contributed by atoms with E-state index in [2.05, 4.69) is 4.99 Å². The van der Waals surface area contributed by atoms with Gasteiger partial charge in [0.25, 0.3) is 5.69 Å². The van der Waals surface area contributed by atoms with Gasteiger partial charge in [0.1, 0.15) is 0 Å². The van der Waals surface area contributed by atoms with Gasteiger partial charge in [0.2, 0.25) is 5.91 Å². The summed E-state index contributed by atoms with van der Waals surface area (Å²) in [6, 6.07) is 12.2. The monoisotopic (exact) mass is 323 g/mol. The third-order valence-electron chi connectivity index (χ3n) is 4.06. The number of rotatable bonds is 3. The van der Waals surface area contributed by atoms with Gasteiger partial charge in [-0.15, -0.1) is 0 Å². The zero-order chi connectivity index (χ0) is 17.3. The van der Waals surface area contributed by atoms with Gasteiger partial charge in [0.15, 0.2) is 0 Å². The average Bonchev–Trinajstić information content (AvgIpc) is 2.88. The van der Waals surface area contributed by atoms with E-state index in [-0.39, 0.29) is 17.6 Å². The molecule has 0 aromatic heterocycles. The number of carbonyl (C=O) groups excluding carboxylic acids is 1. The summed E-state index contributed by atoms with van der Waals surface area (Å²) in [7, 11) is 0. The second kappa shape index (κ2) is 6.23. The summed E-state index contributed by atoms with van der Waals surface area (Å²) in [6.07, 6.45) is 2.41. The van der Waals surface area contributed by atoms with E-state index >= 15 is 0 Å². The molecule has 2 aromatic rings. The second-order valence-corrected chi connectivity index (χ2v) is 5.87. The first-order valence-electron chi connectivity index (χ1n) is 7.67. The van der Waals surface area contributed by atoms with Crippen LogP contribution in [0.2, 0.25) is 0 Å². The standard InChI is InChI=1S/C18H17N3O3/c1-12-8-15-10-16(6-7-18(15)20(12)13(2)22)19-11-14-4-3-5-17(9-14)21(23)24/h3-7,9-12H,8H2,1-2H3/t12-/m0/s1. The molecule has 1 atom stereocenters. The fourth-order valence-corrected chi connectivity index (χ4v) is 3.05. The molecule has 1 aliphatic rings. The third kappa shape index (κ3) is 3.03. The highest BCUT2D eigenvalue weighted by Gasteiger charge is 2.28. The van der Waals surface area contributed by atoms with Gasteiger partial charge in [-0.1, -0.05) is 12.1 Å². The Balaban J connectivity index is 1.85. The molecule has 0 saturated heterocycles. The maximum Gasteiger partial charge on any atom is 0.270 e. The van der Waals surface area contributed by atoms with Crippen LogP contribution in [0.15, 0.2) is 47.5 Å². The van der Waals surface area contributed by atoms with E-state index in [1.54, 1.807) is 30.2 Å². The smallest absolute Gasteiger partial charge is 0.270 e. The van der Waals surface area contributed by atoms with Crippen LogP contribution in [0.5, 0.6) is 0 Å². The van der Waals surface area contributed by atoms with E-state index in [1.165, 1.54) is 12.1 Å². The fraction of sp³-hybridized carbons (Fsp3) is 0.222. The predicted molar refractivity (Wildman–Crippen MR) is 93.1 cm³/mol. The van der Waals surface area contributed by atoms with Gasteiger partial charge in [-0.05, 0) is 42.7 Å². The Kier molecular flexibility index (Phi) is 4.12. The van der Waals surface area contributed by atoms with Gasteiger partial charge >= 0.3 is 0 Å². The van der Waals surface area contributed by atoms with E-state index in [1.807, 2.05) is 25.1 Å². The molecule has 6 nitrogen and oxygen atoms in total. The maximum absolute atomic E-state index is 11.7. The lowest BCUT2D eigenvalue weighted by atomic mass is 10.1. The molecule has 1 amide bonds. The zero-order valence-corrected chi connectivity index (χ0v) is 13.5. The Morgan fingerprint density at radius 1 is 1.33 bits per heavy atom. The molecule has 0 aliphatic carbocycles. The van der Waals surface area contributed by atoms with Gasteiger partial charge in [0, 0.05) is 37.0 Å². The Bertz CT molecular complexity index is 845. The summed E-state index contributed by atoms with van der Waals surface area (Å²) in [5.41, 5.74) is 3.50. The van der Waals surface area contributed by atoms with E-state index in [4.69, 9.17) is 0 Å². The number of nitro groups is 1. The van der Waals surface area contributed by atoms with Crippen molar-refractivity contribution in [3.63, 3.8) is 0 Å². The minimum Gasteiger partial charge on any atom is -0.309 e. The zero-order valence-electron chi connectivity index (χ0n) is 13.5. The number of aliphatic imine (C=N–C) groups is 1. The van der Waals surface area contributed by atoms with Crippen molar-refractivity contribution < 1.29 is 9.72 Å². The van der Waals surface area contributed by atoms with E-state index in [0.717, 1.165) is 23.4 Å². The third-order valence-corrected chi connectivity index (χ3v) is 4.06. The Labute approximate surface area is 139 Å². The molecule has 0 bridgehead atoms. The van der Waals surface area contributed by atoms with Crippen LogP contribution in [0.4, 0.5) is 17.1 Å². The number of non-ortho nitro benzene ring substituents is 1. The highest BCUT2D eigenvalue weighted by Crippen LogP contribution is 2.34. The molecule has 0 N–H and O–H groups in total. The van der Waals surface area contributed by atoms with Crippen LogP contribution >= 0.6 is 0 Å². The van der Waals surface area contributed by atoms with Gasteiger partial charge in [-0.25, -0.2) is 0 Å². The van der Waals surface area contributed by atoms with Gasteiger partial charge < -0.3 is 4.90 Å². The largest absolute Gasteiger partial charge is 0.309 e. The number of hydrogen-bond donors (Lipinski definition) is 0. The van der Waals surface area contributed by atoms with Crippen molar-refractivity contribution in [2.24, 2.45) is 4.99 Å². The number of fused-ring (bicyclic) bond motifs is 1. The van der Waals surface area contributed by atoms with E-state index in [0.29, 0.717) is 5.56 Å². The lowest BCUT2D eigenvalue weighted by molar-refractivity contribution is -0.384. The Morgan fingerprint density at radius 3 is 2.83 bits per heavy atom. The Morgan fingerprint density at radius 2 is 2.12 bits per heavy atom. The van der Waals surface area contributed by atoms with Crippen molar-refractivity contribution in [2.45, 2.75) is 26.3 Å². The molecule has 0 spiro atoms. The van der Waals surface area contributed by atoms with Gasteiger partial charge in [0.05, 0.1) is 10.6 Å². The van der Waals surface area contributed by atoms with Crippen LogP contribution in [0.1, 0.15) is 25.0 Å². The SMILES string of the molecule is CC(=O)N1c2ccc(N=Cc3cccc([N+](=O)[O-])c3)cc2C[C@@H]1C. The van der Waals surface area contributed by atoms with E-state index in [9.17, 15) is 14.9 Å². The molecular formula is C18H17N3O3. The molecule has 1 heterocycles. The van der Waals surface area contributed by atoms with Crippen molar-refractivity contribution in [1.29, 1.82) is 0 Å². The molecule has 0 fully saturated rings. The molecule has 0 saturated carbocycles. The van der Waals surface area contributed by atoms with Crippen molar-refractivity contribution >= 4 is 29.2 Å². The van der Waals surface area contributed by atoms with Crippen LogP contribution in [-0.2, 0) is 11.2 Å². The normalized spacial score (nSPS) is 16.4. The second-order valence-electron chi connectivity index (χ2n) is 5.87. The van der Waals surface area contributed by atoms with Crippen LogP contribution in [0, 0.1) is 10.1 Å². The summed E-state index contributed by atoms with van der Waals surface area (Å²) < 4.78 is 0. The highest BCUT2D eigenvalue weighted by molar-refractivity contribution is 5.95. The van der Waals surface area contributed by atoms with Crippen molar-refractivity contribution in [1.82, 2.24) is 0 Å². The summed E-state index contributed by atoms with van der Waals surface area (Å²) >= 11 is 0. The topological polar surface area (TPSA) is 75.8 Å². The van der Waals surface area contributed by atoms with E-state index < -0.39 is 4.92 Å². The van der Waals surface area contributed by atoms with Crippen LogP contribution in [0.3, 0.4) is 0 Å². The lowest BCUT2D eigenvalue weighted by Gasteiger charge is -2.20. The first-order chi connectivity index (χ1) is 11.5. The predicted octanol–water partition coefficient (Wildman–Crippen LogP) is 3.64. The molecule has 24 heavy (non-hydrogen) atoms. The molecule has 0 unspecified atom stereocenters. The molecule has 122 valence electrons. The number of amides is 1. The fourth-order valence-electron chi connectivity index (χ4n) is 3.05. The number of benzene rings is 2. The first kappa shape index (κ1) is 15.9. The summed E-state index contributed by atoms with van der Waals surface area (Å²) in [5.74, 6) is 0.0362.